The molecule has 0 aliphatic carbocycles. The Morgan fingerprint density at radius 2 is 1.74 bits per heavy atom. The van der Waals surface area contributed by atoms with Crippen molar-refractivity contribution >= 4 is 33.7 Å². The van der Waals surface area contributed by atoms with Crippen LogP contribution in [0.3, 0.4) is 0 Å². The van der Waals surface area contributed by atoms with Gasteiger partial charge in [0.2, 0.25) is 0 Å². The second-order valence-corrected chi connectivity index (χ2v) is 7.21. The molecule has 4 aromatic rings. The van der Waals surface area contributed by atoms with Crippen molar-refractivity contribution in [2.75, 3.05) is 6.61 Å². The third-order valence-corrected chi connectivity index (χ3v) is 5.21. The molecule has 0 aliphatic rings. The Bertz CT molecular complexity index is 1440. The van der Waals surface area contributed by atoms with Gasteiger partial charge < -0.3 is 9.30 Å². The van der Waals surface area contributed by atoms with E-state index in [1.54, 1.807) is 12.1 Å². The summed E-state index contributed by atoms with van der Waals surface area (Å²) in [6, 6.07) is 13.0. The molecule has 2 aromatic carbocycles. The lowest BCUT2D eigenvalue weighted by molar-refractivity contribution is -0.142. The van der Waals surface area contributed by atoms with Crippen LogP contribution >= 0.6 is 0 Å². The molecular formula is C22H20N4O5. The first-order valence-electron chi connectivity index (χ1n) is 9.65. The molecule has 9 nitrogen and oxygen atoms in total. The van der Waals surface area contributed by atoms with Crippen LogP contribution < -0.4 is 11.2 Å². The summed E-state index contributed by atoms with van der Waals surface area (Å²) < 4.78 is 8.88. The highest BCUT2D eigenvalue weighted by Crippen LogP contribution is 2.16. The molecule has 0 saturated carbocycles. The topological polar surface area (TPSA) is 105 Å². The third-order valence-electron chi connectivity index (χ3n) is 5.21. The van der Waals surface area contributed by atoms with E-state index in [-0.39, 0.29) is 36.5 Å². The Balaban J connectivity index is 1.41. The number of esters is 1. The van der Waals surface area contributed by atoms with Gasteiger partial charge >= 0.3 is 11.7 Å². The fraction of sp³-hybridized carbons (Fsp3) is 0.227. The van der Waals surface area contributed by atoms with Crippen molar-refractivity contribution in [1.29, 1.82) is 0 Å². The second kappa shape index (κ2) is 8.02. The van der Waals surface area contributed by atoms with Crippen LogP contribution in [0, 0.1) is 0 Å². The van der Waals surface area contributed by atoms with Gasteiger partial charge in [-0.3, -0.25) is 23.5 Å². The van der Waals surface area contributed by atoms with E-state index in [1.165, 1.54) is 29.6 Å². The summed E-state index contributed by atoms with van der Waals surface area (Å²) in [6.07, 6.45) is 1.35. The Hall–Kier alpha value is -4.01. The van der Waals surface area contributed by atoms with Crippen LogP contribution in [0.25, 0.3) is 21.9 Å². The number of benzene rings is 2. The van der Waals surface area contributed by atoms with Crippen molar-refractivity contribution in [2.24, 2.45) is 14.1 Å². The lowest BCUT2D eigenvalue weighted by Crippen LogP contribution is -2.37. The molecule has 2 heterocycles. The maximum atomic E-state index is 12.4. The van der Waals surface area contributed by atoms with Gasteiger partial charge in [0.15, 0.2) is 23.6 Å². The zero-order valence-corrected chi connectivity index (χ0v) is 17.1. The van der Waals surface area contributed by atoms with Crippen molar-refractivity contribution in [2.45, 2.75) is 13.0 Å². The summed E-state index contributed by atoms with van der Waals surface area (Å²) in [5.74, 6) is -0.867. The van der Waals surface area contributed by atoms with Crippen molar-refractivity contribution in [1.82, 2.24) is 18.7 Å². The van der Waals surface area contributed by atoms with E-state index in [0.717, 1.165) is 15.3 Å². The first-order chi connectivity index (χ1) is 14.9. The number of aryl methyl sites for hydroxylation is 2. The number of fused-ring (bicyclic) bond motifs is 2. The third kappa shape index (κ3) is 3.77. The van der Waals surface area contributed by atoms with E-state index < -0.39 is 17.2 Å². The number of carbonyl (C=O) groups is 2. The maximum absolute atomic E-state index is 12.4. The smallest absolute Gasteiger partial charge is 0.332 e. The van der Waals surface area contributed by atoms with E-state index in [9.17, 15) is 19.2 Å². The van der Waals surface area contributed by atoms with Gasteiger partial charge in [-0.1, -0.05) is 36.4 Å². The number of hydrogen-bond acceptors (Lipinski definition) is 6. The zero-order valence-electron chi connectivity index (χ0n) is 17.1. The number of aromatic nitrogens is 4. The number of ether oxygens (including phenoxy) is 1. The van der Waals surface area contributed by atoms with E-state index in [1.807, 2.05) is 30.3 Å². The maximum Gasteiger partial charge on any atom is 0.332 e. The van der Waals surface area contributed by atoms with E-state index in [4.69, 9.17) is 4.74 Å². The van der Waals surface area contributed by atoms with Crippen molar-refractivity contribution in [3.05, 3.63) is 75.2 Å². The van der Waals surface area contributed by atoms with Gasteiger partial charge in [-0.2, -0.15) is 0 Å². The molecule has 4 rings (SSSR count). The summed E-state index contributed by atoms with van der Waals surface area (Å²) in [6.45, 7) is -0.231. The summed E-state index contributed by atoms with van der Waals surface area (Å²) in [5.41, 5.74) is -0.0288. The van der Waals surface area contributed by atoms with Gasteiger partial charge in [0.05, 0.1) is 12.7 Å². The second-order valence-electron chi connectivity index (χ2n) is 7.21. The molecule has 0 spiro atoms. The molecule has 31 heavy (non-hydrogen) atoms. The van der Waals surface area contributed by atoms with Gasteiger partial charge in [0, 0.05) is 26.2 Å². The SMILES string of the molecule is Cn1c(=O)c2c(ncn2CCC(=O)OCC(=O)c2ccc3ccccc3c2)n(C)c1=O. The normalized spacial score (nSPS) is 11.2. The largest absolute Gasteiger partial charge is 0.457 e. The molecule has 0 aliphatic heterocycles. The Labute approximate surface area is 176 Å². The van der Waals surface area contributed by atoms with Crippen LogP contribution in [-0.4, -0.2) is 37.0 Å². The highest BCUT2D eigenvalue weighted by Gasteiger charge is 2.16. The lowest BCUT2D eigenvalue weighted by Gasteiger charge is -2.07. The number of imidazole rings is 1. The van der Waals surface area contributed by atoms with E-state index in [0.29, 0.717) is 5.56 Å². The molecule has 0 unspecified atom stereocenters. The minimum atomic E-state index is -0.572. The molecule has 158 valence electrons. The van der Waals surface area contributed by atoms with Gasteiger partial charge in [0.1, 0.15) is 0 Å². The molecule has 0 bridgehead atoms. The van der Waals surface area contributed by atoms with Gasteiger partial charge in [-0.15, -0.1) is 0 Å². The predicted molar refractivity (Wildman–Crippen MR) is 114 cm³/mol. The standard InChI is InChI=1S/C22H20N4O5/c1-24-20-19(21(29)25(2)22(24)30)26(13-23-20)10-9-18(28)31-12-17(27)16-8-7-14-5-3-4-6-15(14)11-16/h3-8,11,13H,9-10,12H2,1-2H3. The molecule has 2 aromatic heterocycles. The van der Waals surface area contributed by atoms with Crippen LogP contribution in [-0.2, 0) is 30.2 Å². The average molecular weight is 420 g/mol. The fourth-order valence-electron chi connectivity index (χ4n) is 3.44. The van der Waals surface area contributed by atoms with Crippen molar-refractivity contribution in [3.63, 3.8) is 0 Å². The number of hydrogen-bond donors (Lipinski definition) is 0. The molecule has 0 fully saturated rings. The molecule has 0 N–H and O–H groups in total. The fourth-order valence-corrected chi connectivity index (χ4v) is 3.44. The molecule has 0 radical (unpaired) electrons. The number of Topliss-reactive ketones (excluding diaryl/α,β-unsaturated/α-hetero) is 1. The summed E-state index contributed by atoms with van der Waals surface area (Å²) in [4.78, 5) is 53.0. The number of rotatable bonds is 6. The first kappa shape index (κ1) is 20.3. The van der Waals surface area contributed by atoms with Crippen LogP contribution in [0.1, 0.15) is 16.8 Å². The average Bonchev–Trinajstić information content (AvgIpc) is 3.22. The van der Waals surface area contributed by atoms with Gasteiger partial charge in [0.25, 0.3) is 5.56 Å². The Morgan fingerprint density at radius 1 is 1.00 bits per heavy atom. The monoisotopic (exact) mass is 420 g/mol. The molecule has 0 atom stereocenters. The van der Waals surface area contributed by atoms with Crippen molar-refractivity contribution < 1.29 is 14.3 Å². The quantitative estimate of drug-likeness (QED) is 0.345. The first-order valence-corrected chi connectivity index (χ1v) is 9.65. The predicted octanol–water partition coefficient (Wildman–Crippen LogP) is 1.40. The van der Waals surface area contributed by atoms with Gasteiger partial charge in [-0.05, 0) is 16.8 Å². The van der Waals surface area contributed by atoms with Crippen LogP contribution in [0.2, 0.25) is 0 Å². The molecule has 0 amide bonds. The van der Waals surface area contributed by atoms with Crippen LogP contribution in [0.5, 0.6) is 0 Å². The van der Waals surface area contributed by atoms with E-state index >= 15 is 0 Å². The minimum absolute atomic E-state index is 0.0531. The Kier molecular flexibility index (Phi) is 5.24. The molecule has 0 saturated heterocycles. The summed E-state index contributed by atoms with van der Waals surface area (Å²) >= 11 is 0. The number of ketones is 1. The lowest BCUT2D eigenvalue weighted by atomic mass is 10.0. The number of nitrogens with zero attached hydrogens (tertiary/aromatic N) is 4. The molecular weight excluding hydrogens is 400 g/mol. The highest BCUT2D eigenvalue weighted by atomic mass is 16.5. The van der Waals surface area contributed by atoms with Crippen LogP contribution in [0.4, 0.5) is 0 Å². The summed E-state index contributed by atoms with van der Waals surface area (Å²) in [5, 5.41) is 1.95. The zero-order chi connectivity index (χ0) is 22.1. The van der Waals surface area contributed by atoms with Crippen LogP contribution in [0.15, 0.2) is 58.4 Å². The highest BCUT2D eigenvalue weighted by molar-refractivity contribution is 6.01. The summed E-state index contributed by atoms with van der Waals surface area (Å²) in [7, 11) is 2.90. The number of carbonyl (C=O) groups excluding carboxylic acids is 2. The van der Waals surface area contributed by atoms with E-state index in [2.05, 4.69) is 4.98 Å². The molecule has 9 heteroatoms. The van der Waals surface area contributed by atoms with Gasteiger partial charge in [-0.25, -0.2) is 9.78 Å². The van der Waals surface area contributed by atoms with Crippen molar-refractivity contribution in [3.8, 4) is 0 Å². The minimum Gasteiger partial charge on any atom is -0.457 e. The Morgan fingerprint density at radius 3 is 2.52 bits per heavy atom.